The lowest BCUT2D eigenvalue weighted by Gasteiger charge is -2.10. The molecule has 0 bridgehead atoms. The summed E-state index contributed by atoms with van der Waals surface area (Å²) < 4.78 is 5.50. The molecule has 6 heteroatoms. The summed E-state index contributed by atoms with van der Waals surface area (Å²) in [7, 11) is 0. The number of aromatic nitrogens is 3. The van der Waals surface area contributed by atoms with Crippen molar-refractivity contribution >= 4 is 22.7 Å². The van der Waals surface area contributed by atoms with Crippen LogP contribution in [0.5, 0.6) is 0 Å². The number of aryl methyl sites for hydroxylation is 2. The number of rotatable bonds is 5. The Balaban J connectivity index is 1.53. The number of fused-ring (bicyclic) bond motifs is 1. The Morgan fingerprint density at radius 3 is 2.18 bits per heavy atom. The van der Waals surface area contributed by atoms with Crippen LogP contribution in [0.2, 0.25) is 0 Å². The van der Waals surface area contributed by atoms with Crippen LogP contribution < -0.4 is 5.63 Å². The van der Waals surface area contributed by atoms with Gasteiger partial charge in [-0.15, -0.1) is 10.2 Å². The first kappa shape index (κ1) is 21.1. The van der Waals surface area contributed by atoms with Gasteiger partial charge >= 0.3 is 5.63 Å². The minimum atomic E-state index is -0.352. The molecular formula is C27H21N3O2S. The molecule has 0 N–H and O–H groups in total. The summed E-state index contributed by atoms with van der Waals surface area (Å²) in [4.78, 5) is 17.1. The van der Waals surface area contributed by atoms with Crippen LogP contribution in [0.25, 0.3) is 33.5 Å². The molecule has 5 nitrogen and oxygen atoms in total. The predicted molar refractivity (Wildman–Crippen MR) is 132 cm³/mol. The highest BCUT2D eigenvalue weighted by Gasteiger charge is 2.15. The first-order valence-corrected chi connectivity index (χ1v) is 11.6. The van der Waals surface area contributed by atoms with Crippen molar-refractivity contribution in [2.75, 3.05) is 0 Å². The van der Waals surface area contributed by atoms with Crippen molar-refractivity contribution in [1.82, 2.24) is 15.2 Å². The highest BCUT2D eigenvalue weighted by Crippen LogP contribution is 2.31. The lowest BCUT2D eigenvalue weighted by molar-refractivity contribution is 0.557. The first-order valence-electron chi connectivity index (χ1n) is 10.6. The van der Waals surface area contributed by atoms with E-state index in [9.17, 15) is 4.79 Å². The molecule has 0 aliphatic heterocycles. The summed E-state index contributed by atoms with van der Waals surface area (Å²) in [6.45, 7) is 3.98. The fraction of sp³-hybridized carbons (Fsp3) is 0.111. The minimum Gasteiger partial charge on any atom is -0.422 e. The van der Waals surface area contributed by atoms with E-state index in [2.05, 4.69) is 10.2 Å². The van der Waals surface area contributed by atoms with Crippen LogP contribution in [0.15, 0.2) is 93.2 Å². The van der Waals surface area contributed by atoms with Gasteiger partial charge in [0, 0.05) is 28.3 Å². The van der Waals surface area contributed by atoms with Crippen LogP contribution in [-0.4, -0.2) is 15.2 Å². The van der Waals surface area contributed by atoms with Gasteiger partial charge in [-0.05, 0) is 30.5 Å². The van der Waals surface area contributed by atoms with Gasteiger partial charge in [-0.2, -0.15) is 0 Å². The number of hydrogen-bond acceptors (Lipinski definition) is 6. The SMILES string of the molecule is Cc1ccc2c(CSc3nnc(-c4ccccc4)c(-c4ccccc4)n3)cc(=O)oc2c1C. The van der Waals surface area contributed by atoms with Gasteiger partial charge in [0.2, 0.25) is 5.16 Å². The van der Waals surface area contributed by atoms with Gasteiger partial charge < -0.3 is 4.42 Å². The van der Waals surface area contributed by atoms with E-state index >= 15 is 0 Å². The third-order valence-electron chi connectivity index (χ3n) is 5.64. The molecule has 3 aromatic carbocycles. The second-order valence-corrected chi connectivity index (χ2v) is 8.73. The van der Waals surface area contributed by atoms with Gasteiger partial charge in [-0.1, -0.05) is 84.6 Å². The molecule has 0 saturated carbocycles. The van der Waals surface area contributed by atoms with Crippen LogP contribution in [0.4, 0.5) is 0 Å². The summed E-state index contributed by atoms with van der Waals surface area (Å²) in [5.74, 6) is 0.533. The quantitative estimate of drug-likeness (QED) is 0.233. The van der Waals surface area contributed by atoms with E-state index < -0.39 is 0 Å². The van der Waals surface area contributed by atoms with Gasteiger partial charge in [0.15, 0.2) is 0 Å². The molecule has 0 aliphatic rings. The van der Waals surface area contributed by atoms with Gasteiger partial charge in [0.25, 0.3) is 0 Å². The highest BCUT2D eigenvalue weighted by molar-refractivity contribution is 7.98. The molecule has 0 unspecified atom stereocenters. The summed E-state index contributed by atoms with van der Waals surface area (Å²) in [5, 5.41) is 10.4. The maximum absolute atomic E-state index is 12.2. The monoisotopic (exact) mass is 451 g/mol. The Bertz CT molecular complexity index is 1500. The second kappa shape index (κ2) is 9.00. The highest BCUT2D eigenvalue weighted by atomic mass is 32.2. The molecule has 0 saturated heterocycles. The lowest BCUT2D eigenvalue weighted by atomic mass is 10.0. The maximum Gasteiger partial charge on any atom is 0.336 e. The van der Waals surface area contributed by atoms with Crippen molar-refractivity contribution in [2.45, 2.75) is 24.8 Å². The van der Waals surface area contributed by atoms with Crippen LogP contribution in [0.3, 0.4) is 0 Å². The fourth-order valence-corrected chi connectivity index (χ4v) is 4.52. The number of benzene rings is 3. The Morgan fingerprint density at radius 2 is 1.48 bits per heavy atom. The van der Waals surface area contributed by atoms with Gasteiger partial charge in [-0.25, -0.2) is 9.78 Å². The topological polar surface area (TPSA) is 68.9 Å². The predicted octanol–water partition coefficient (Wildman–Crippen LogP) is 6.22. The molecular weight excluding hydrogens is 430 g/mol. The summed E-state index contributed by atoms with van der Waals surface area (Å²) >= 11 is 1.45. The maximum atomic E-state index is 12.2. The zero-order valence-electron chi connectivity index (χ0n) is 18.3. The van der Waals surface area contributed by atoms with Crippen molar-refractivity contribution < 1.29 is 4.42 Å². The largest absolute Gasteiger partial charge is 0.422 e. The molecule has 5 rings (SSSR count). The zero-order chi connectivity index (χ0) is 22.8. The molecule has 2 aromatic heterocycles. The molecule has 33 heavy (non-hydrogen) atoms. The average molecular weight is 452 g/mol. The Labute approximate surface area is 195 Å². The Hall–Kier alpha value is -3.77. The van der Waals surface area contributed by atoms with E-state index in [1.165, 1.54) is 11.8 Å². The fourth-order valence-electron chi connectivity index (χ4n) is 3.75. The number of hydrogen-bond donors (Lipinski definition) is 0. The summed E-state index contributed by atoms with van der Waals surface area (Å²) in [5.41, 5.74) is 6.71. The molecule has 0 aliphatic carbocycles. The van der Waals surface area contributed by atoms with Crippen LogP contribution in [0.1, 0.15) is 16.7 Å². The van der Waals surface area contributed by atoms with E-state index in [0.717, 1.165) is 44.6 Å². The average Bonchev–Trinajstić information content (AvgIpc) is 2.86. The van der Waals surface area contributed by atoms with Crippen LogP contribution in [0, 0.1) is 13.8 Å². The smallest absolute Gasteiger partial charge is 0.336 e. The van der Waals surface area contributed by atoms with Gasteiger partial charge in [0.1, 0.15) is 17.0 Å². The summed E-state index contributed by atoms with van der Waals surface area (Å²) in [6.07, 6.45) is 0. The molecule has 0 amide bonds. The van der Waals surface area contributed by atoms with E-state index in [-0.39, 0.29) is 5.63 Å². The van der Waals surface area contributed by atoms with E-state index in [0.29, 0.717) is 16.5 Å². The van der Waals surface area contributed by atoms with E-state index in [1.807, 2.05) is 86.6 Å². The third-order valence-corrected chi connectivity index (χ3v) is 6.52. The van der Waals surface area contributed by atoms with E-state index in [1.54, 1.807) is 6.07 Å². The van der Waals surface area contributed by atoms with Crippen molar-refractivity contribution in [3.63, 3.8) is 0 Å². The molecule has 2 heterocycles. The normalized spacial score (nSPS) is 11.1. The van der Waals surface area contributed by atoms with Gasteiger partial charge in [-0.3, -0.25) is 0 Å². The second-order valence-electron chi connectivity index (χ2n) is 7.79. The van der Waals surface area contributed by atoms with Crippen molar-refractivity contribution in [3.05, 3.63) is 106 Å². The molecule has 5 aromatic rings. The Morgan fingerprint density at radius 1 is 0.818 bits per heavy atom. The van der Waals surface area contributed by atoms with Crippen molar-refractivity contribution in [1.29, 1.82) is 0 Å². The zero-order valence-corrected chi connectivity index (χ0v) is 19.1. The standard InChI is InChI=1S/C27H21N3O2S/c1-17-13-14-22-21(15-23(31)32-26(22)18(17)2)16-33-27-28-24(19-9-5-3-6-10-19)25(29-30-27)20-11-7-4-8-12-20/h3-15H,16H2,1-2H3. The van der Waals surface area contributed by atoms with Crippen LogP contribution in [-0.2, 0) is 5.75 Å². The van der Waals surface area contributed by atoms with Gasteiger partial charge in [0.05, 0.1) is 0 Å². The molecule has 0 spiro atoms. The molecule has 0 radical (unpaired) electrons. The molecule has 0 fully saturated rings. The van der Waals surface area contributed by atoms with E-state index in [4.69, 9.17) is 9.40 Å². The van der Waals surface area contributed by atoms with Crippen LogP contribution >= 0.6 is 11.8 Å². The first-order chi connectivity index (χ1) is 16.1. The summed E-state index contributed by atoms with van der Waals surface area (Å²) in [6, 6.07) is 25.5. The molecule has 162 valence electrons. The third kappa shape index (κ3) is 4.30. The lowest BCUT2D eigenvalue weighted by Crippen LogP contribution is -2.02. The minimum absolute atomic E-state index is 0.352. The molecule has 0 atom stereocenters. The Kier molecular flexibility index (Phi) is 5.75. The number of nitrogens with zero attached hydrogens (tertiary/aromatic N) is 3. The van der Waals surface area contributed by atoms with Crippen molar-refractivity contribution in [2.24, 2.45) is 0 Å². The number of thioether (sulfide) groups is 1. The van der Waals surface area contributed by atoms with Crippen molar-refractivity contribution in [3.8, 4) is 22.5 Å².